The number of halogens is 2. The highest BCUT2D eigenvalue weighted by Crippen LogP contribution is 2.29. The van der Waals surface area contributed by atoms with Crippen molar-refractivity contribution in [2.24, 2.45) is 4.99 Å². The van der Waals surface area contributed by atoms with Crippen LogP contribution in [-0.2, 0) is 11.3 Å². The highest BCUT2D eigenvalue weighted by atomic mass is 35.5. The number of nitrogens with zero attached hydrogens (tertiary/aromatic N) is 1. The quantitative estimate of drug-likeness (QED) is 0.447. The van der Waals surface area contributed by atoms with Crippen LogP contribution in [0.15, 0.2) is 65.7 Å². The third kappa shape index (κ3) is 4.77. The molecule has 0 fully saturated rings. The zero-order chi connectivity index (χ0) is 22.7. The van der Waals surface area contributed by atoms with Gasteiger partial charge in [-0.2, -0.15) is 0 Å². The first-order chi connectivity index (χ1) is 15.4. The minimum Gasteiger partial charge on any atom is -0.351 e. The Morgan fingerprint density at radius 1 is 0.906 bits per heavy atom. The van der Waals surface area contributed by atoms with Crippen LogP contribution >= 0.6 is 23.2 Å². The molecule has 3 N–H and O–H groups in total. The fourth-order valence-corrected chi connectivity index (χ4v) is 3.76. The molecule has 162 valence electrons. The number of carbonyl (C=O) groups is 2. The van der Waals surface area contributed by atoms with Gasteiger partial charge in [0.15, 0.2) is 0 Å². The summed E-state index contributed by atoms with van der Waals surface area (Å²) in [6.45, 7) is 2.91. The molecule has 0 radical (unpaired) electrons. The van der Waals surface area contributed by atoms with E-state index in [9.17, 15) is 9.59 Å². The van der Waals surface area contributed by atoms with Gasteiger partial charge >= 0.3 is 6.03 Å². The van der Waals surface area contributed by atoms with Gasteiger partial charge in [0.1, 0.15) is 5.71 Å². The number of urea groups is 1. The van der Waals surface area contributed by atoms with E-state index in [0.29, 0.717) is 40.2 Å². The van der Waals surface area contributed by atoms with Gasteiger partial charge in [-0.3, -0.25) is 9.79 Å². The van der Waals surface area contributed by atoms with Gasteiger partial charge in [-0.15, -0.1) is 0 Å². The van der Waals surface area contributed by atoms with E-state index in [1.807, 2.05) is 49.4 Å². The molecule has 32 heavy (non-hydrogen) atoms. The second-order valence-electron chi connectivity index (χ2n) is 7.19. The van der Waals surface area contributed by atoms with Crippen LogP contribution in [0.4, 0.5) is 16.2 Å². The van der Waals surface area contributed by atoms with Crippen molar-refractivity contribution in [3.8, 4) is 11.1 Å². The van der Waals surface area contributed by atoms with Crippen molar-refractivity contribution < 1.29 is 9.59 Å². The lowest BCUT2D eigenvalue weighted by Crippen LogP contribution is -2.30. The smallest absolute Gasteiger partial charge is 0.323 e. The predicted molar refractivity (Wildman–Crippen MR) is 130 cm³/mol. The SMILES string of the molecule is CCNC(=O)C1=NCc2cc(-c3cccc(NC(=O)Nc4ccc(Cl)c(Cl)c4)c3)ccc21. The molecular formula is C24H20Cl2N4O2. The van der Waals surface area contributed by atoms with Gasteiger partial charge in [0.05, 0.1) is 16.6 Å². The van der Waals surface area contributed by atoms with E-state index < -0.39 is 6.03 Å². The van der Waals surface area contributed by atoms with E-state index in [1.54, 1.807) is 18.2 Å². The topological polar surface area (TPSA) is 82.6 Å². The number of anilines is 2. The second-order valence-corrected chi connectivity index (χ2v) is 8.00. The van der Waals surface area contributed by atoms with Crippen molar-refractivity contribution in [2.75, 3.05) is 17.2 Å². The second kappa shape index (κ2) is 9.42. The Labute approximate surface area is 195 Å². The van der Waals surface area contributed by atoms with Crippen LogP contribution in [0.5, 0.6) is 0 Å². The summed E-state index contributed by atoms with van der Waals surface area (Å²) in [4.78, 5) is 28.9. The molecule has 0 spiro atoms. The van der Waals surface area contributed by atoms with Crippen LogP contribution in [0.3, 0.4) is 0 Å². The molecule has 4 rings (SSSR count). The third-order valence-electron chi connectivity index (χ3n) is 4.95. The molecule has 8 heteroatoms. The van der Waals surface area contributed by atoms with Crippen LogP contribution in [0.1, 0.15) is 18.1 Å². The maximum absolute atomic E-state index is 12.4. The lowest BCUT2D eigenvalue weighted by atomic mass is 9.98. The molecule has 1 heterocycles. The van der Waals surface area contributed by atoms with Gasteiger partial charge in [-0.1, -0.05) is 47.5 Å². The Morgan fingerprint density at radius 2 is 1.66 bits per heavy atom. The molecule has 1 aliphatic rings. The summed E-state index contributed by atoms with van der Waals surface area (Å²) in [5.41, 5.74) is 5.42. The Balaban J connectivity index is 1.48. The largest absolute Gasteiger partial charge is 0.351 e. The molecule has 0 atom stereocenters. The molecule has 3 aromatic rings. The fourth-order valence-electron chi connectivity index (χ4n) is 3.47. The van der Waals surface area contributed by atoms with Crippen LogP contribution in [0.25, 0.3) is 11.1 Å². The van der Waals surface area contributed by atoms with E-state index in [4.69, 9.17) is 23.2 Å². The summed E-state index contributed by atoms with van der Waals surface area (Å²) in [5.74, 6) is -0.154. The summed E-state index contributed by atoms with van der Waals surface area (Å²) in [6, 6.07) is 17.9. The van der Waals surface area contributed by atoms with Crippen molar-refractivity contribution in [3.05, 3.63) is 81.8 Å². The van der Waals surface area contributed by atoms with Gasteiger partial charge in [0.2, 0.25) is 0 Å². The molecular weight excluding hydrogens is 447 g/mol. The zero-order valence-electron chi connectivity index (χ0n) is 17.2. The number of carbonyl (C=O) groups excluding carboxylic acids is 2. The highest BCUT2D eigenvalue weighted by Gasteiger charge is 2.22. The molecule has 0 bridgehead atoms. The Morgan fingerprint density at radius 3 is 2.41 bits per heavy atom. The predicted octanol–water partition coefficient (Wildman–Crippen LogP) is 5.74. The molecule has 3 aromatic carbocycles. The van der Waals surface area contributed by atoms with Crippen LogP contribution in [0.2, 0.25) is 10.0 Å². The number of fused-ring (bicyclic) bond motifs is 1. The fraction of sp³-hybridized carbons (Fsp3) is 0.125. The van der Waals surface area contributed by atoms with Gasteiger partial charge in [-0.05, 0) is 60.0 Å². The lowest BCUT2D eigenvalue weighted by molar-refractivity contribution is -0.114. The highest BCUT2D eigenvalue weighted by molar-refractivity contribution is 6.46. The first-order valence-corrected chi connectivity index (χ1v) is 10.8. The van der Waals surface area contributed by atoms with Crippen LogP contribution in [-0.4, -0.2) is 24.2 Å². The first kappa shape index (κ1) is 21.9. The molecule has 1 aliphatic heterocycles. The summed E-state index contributed by atoms with van der Waals surface area (Å²) in [5, 5.41) is 9.13. The number of hydrogen-bond donors (Lipinski definition) is 3. The molecule has 0 unspecified atom stereocenters. The minimum atomic E-state index is -0.394. The van der Waals surface area contributed by atoms with Gasteiger partial charge in [0, 0.05) is 23.5 Å². The molecule has 0 aromatic heterocycles. The van der Waals surface area contributed by atoms with Gasteiger partial charge < -0.3 is 16.0 Å². The van der Waals surface area contributed by atoms with Gasteiger partial charge in [-0.25, -0.2) is 4.79 Å². The summed E-state index contributed by atoms with van der Waals surface area (Å²) in [7, 11) is 0. The number of rotatable bonds is 5. The summed E-state index contributed by atoms with van der Waals surface area (Å²) >= 11 is 11.9. The molecule has 0 aliphatic carbocycles. The zero-order valence-corrected chi connectivity index (χ0v) is 18.7. The molecule has 0 saturated heterocycles. The number of likely N-dealkylation sites (N-methyl/N-ethyl adjacent to an activating group) is 1. The van der Waals surface area contributed by atoms with Gasteiger partial charge in [0.25, 0.3) is 5.91 Å². The van der Waals surface area contributed by atoms with Crippen molar-refractivity contribution in [1.29, 1.82) is 0 Å². The van der Waals surface area contributed by atoms with E-state index >= 15 is 0 Å². The maximum atomic E-state index is 12.4. The molecule has 0 saturated carbocycles. The number of hydrogen-bond acceptors (Lipinski definition) is 3. The average molecular weight is 467 g/mol. The number of benzene rings is 3. The molecule has 6 nitrogen and oxygen atoms in total. The Kier molecular flexibility index (Phi) is 6.44. The minimum absolute atomic E-state index is 0.154. The number of amides is 3. The summed E-state index contributed by atoms with van der Waals surface area (Å²) < 4.78 is 0. The number of aliphatic imine (C=N–C) groups is 1. The van der Waals surface area contributed by atoms with Crippen LogP contribution in [0, 0.1) is 0 Å². The van der Waals surface area contributed by atoms with Crippen molar-refractivity contribution in [1.82, 2.24) is 5.32 Å². The van der Waals surface area contributed by atoms with E-state index in [-0.39, 0.29) is 5.91 Å². The average Bonchev–Trinajstić information content (AvgIpc) is 3.20. The summed E-state index contributed by atoms with van der Waals surface area (Å²) in [6.07, 6.45) is 0. The Bertz CT molecular complexity index is 1240. The monoisotopic (exact) mass is 466 g/mol. The molecule has 3 amide bonds. The van der Waals surface area contributed by atoms with E-state index in [0.717, 1.165) is 22.3 Å². The maximum Gasteiger partial charge on any atom is 0.323 e. The van der Waals surface area contributed by atoms with Crippen molar-refractivity contribution in [2.45, 2.75) is 13.5 Å². The van der Waals surface area contributed by atoms with E-state index in [1.165, 1.54) is 0 Å². The first-order valence-electron chi connectivity index (χ1n) is 10.0. The Hall–Kier alpha value is -3.35. The van der Waals surface area contributed by atoms with Crippen molar-refractivity contribution >= 4 is 52.2 Å². The normalized spacial score (nSPS) is 12.0. The van der Waals surface area contributed by atoms with Crippen molar-refractivity contribution in [3.63, 3.8) is 0 Å². The van der Waals surface area contributed by atoms with E-state index in [2.05, 4.69) is 20.9 Å². The standard InChI is InChI=1S/C24H20Cl2N4O2/c1-2-27-23(31)22-19-8-6-15(10-16(19)13-28-22)14-4-3-5-17(11-14)29-24(32)30-18-7-9-20(25)21(26)12-18/h3-12H,2,13H2,1H3,(H,27,31)(H2,29,30,32). The number of nitrogens with one attached hydrogen (secondary N) is 3. The lowest BCUT2D eigenvalue weighted by Gasteiger charge is -2.11. The van der Waals surface area contributed by atoms with Crippen LogP contribution < -0.4 is 16.0 Å². The third-order valence-corrected chi connectivity index (χ3v) is 5.69.